The summed E-state index contributed by atoms with van der Waals surface area (Å²) in [6, 6.07) is 11.8. The van der Waals surface area contributed by atoms with Gasteiger partial charge in [0.2, 0.25) is 5.91 Å². The summed E-state index contributed by atoms with van der Waals surface area (Å²) < 4.78 is 16.6. The maximum Gasteiger partial charge on any atom is 0.220 e. The van der Waals surface area contributed by atoms with Crippen LogP contribution in [0.1, 0.15) is 28.9 Å². The second-order valence-electron chi connectivity index (χ2n) is 8.21. The Morgan fingerprint density at radius 2 is 1.94 bits per heavy atom. The molecule has 2 aromatic carbocycles. The average molecular weight is 448 g/mol. The number of aryl methyl sites for hydroxylation is 3. The lowest BCUT2D eigenvalue weighted by molar-refractivity contribution is -0.121. The van der Waals surface area contributed by atoms with Crippen LogP contribution in [-0.2, 0) is 17.6 Å². The molecular weight excluding hydrogens is 418 g/mol. The van der Waals surface area contributed by atoms with Crippen molar-refractivity contribution in [1.29, 1.82) is 0 Å². The minimum Gasteiger partial charge on any atom is -0.493 e. The Hall–Kier alpha value is -3.61. The van der Waals surface area contributed by atoms with Crippen LogP contribution in [0.2, 0.25) is 0 Å². The van der Waals surface area contributed by atoms with E-state index >= 15 is 0 Å². The highest BCUT2D eigenvalue weighted by Crippen LogP contribution is 2.33. The molecular formula is C26H29N3O4. The van der Waals surface area contributed by atoms with E-state index in [1.165, 1.54) is 0 Å². The van der Waals surface area contributed by atoms with Crippen molar-refractivity contribution in [2.75, 3.05) is 20.8 Å². The van der Waals surface area contributed by atoms with Crippen molar-refractivity contribution in [1.82, 2.24) is 15.3 Å². The number of methoxy groups -OCH3 is 2. The van der Waals surface area contributed by atoms with Crippen molar-refractivity contribution in [2.24, 2.45) is 0 Å². The van der Waals surface area contributed by atoms with Gasteiger partial charge in [-0.15, -0.1) is 0 Å². The molecule has 0 bridgehead atoms. The summed E-state index contributed by atoms with van der Waals surface area (Å²) in [5, 5.41) is 3.00. The number of rotatable bonds is 8. The Morgan fingerprint density at radius 3 is 2.73 bits per heavy atom. The topological polar surface area (TPSA) is 82.6 Å². The first kappa shape index (κ1) is 22.6. The SMILES string of the molecule is COc1ccc(CCC(=O)NCC2Cc3cc(-c4nc(C)cnc4C)ccc3O2)cc1OC. The molecule has 1 unspecified atom stereocenters. The predicted molar refractivity (Wildman–Crippen MR) is 126 cm³/mol. The lowest BCUT2D eigenvalue weighted by Gasteiger charge is -2.12. The van der Waals surface area contributed by atoms with E-state index < -0.39 is 0 Å². The summed E-state index contributed by atoms with van der Waals surface area (Å²) in [5.41, 5.74) is 5.86. The summed E-state index contributed by atoms with van der Waals surface area (Å²) in [7, 11) is 3.21. The van der Waals surface area contributed by atoms with Crippen molar-refractivity contribution in [3.8, 4) is 28.5 Å². The lowest BCUT2D eigenvalue weighted by Crippen LogP contribution is -2.34. The van der Waals surface area contributed by atoms with Crippen LogP contribution in [0.5, 0.6) is 17.2 Å². The first-order valence-corrected chi connectivity index (χ1v) is 11.0. The molecule has 4 rings (SSSR count). The molecule has 7 nitrogen and oxygen atoms in total. The van der Waals surface area contributed by atoms with E-state index in [1.54, 1.807) is 20.4 Å². The number of hydrogen-bond acceptors (Lipinski definition) is 6. The maximum absolute atomic E-state index is 12.4. The first-order chi connectivity index (χ1) is 16.0. The van der Waals surface area contributed by atoms with Crippen molar-refractivity contribution in [2.45, 2.75) is 39.2 Å². The third-order valence-corrected chi connectivity index (χ3v) is 5.77. The van der Waals surface area contributed by atoms with Gasteiger partial charge < -0.3 is 19.5 Å². The van der Waals surface area contributed by atoms with Crippen LogP contribution in [0.3, 0.4) is 0 Å². The predicted octanol–water partition coefficient (Wildman–Crippen LogP) is 3.83. The molecule has 0 aliphatic carbocycles. The van der Waals surface area contributed by atoms with Crippen LogP contribution >= 0.6 is 0 Å². The van der Waals surface area contributed by atoms with Crippen LogP contribution in [-0.4, -0.2) is 42.7 Å². The summed E-state index contributed by atoms with van der Waals surface area (Å²) in [5.74, 6) is 2.20. The van der Waals surface area contributed by atoms with Gasteiger partial charge >= 0.3 is 0 Å². The fourth-order valence-corrected chi connectivity index (χ4v) is 4.00. The van der Waals surface area contributed by atoms with Gasteiger partial charge in [-0.2, -0.15) is 0 Å². The zero-order chi connectivity index (χ0) is 23.4. The second kappa shape index (κ2) is 9.90. The Morgan fingerprint density at radius 1 is 1.12 bits per heavy atom. The zero-order valence-corrected chi connectivity index (χ0v) is 19.5. The Balaban J connectivity index is 1.30. The zero-order valence-electron chi connectivity index (χ0n) is 19.5. The number of fused-ring (bicyclic) bond motifs is 1. The summed E-state index contributed by atoms with van der Waals surface area (Å²) in [6.45, 7) is 4.38. The summed E-state index contributed by atoms with van der Waals surface area (Å²) >= 11 is 0. The number of nitrogens with one attached hydrogen (secondary N) is 1. The first-order valence-electron chi connectivity index (χ1n) is 11.0. The largest absolute Gasteiger partial charge is 0.493 e. The number of benzene rings is 2. The van der Waals surface area contributed by atoms with Gasteiger partial charge in [-0.3, -0.25) is 9.78 Å². The van der Waals surface area contributed by atoms with Gasteiger partial charge in [0.15, 0.2) is 11.5 Å². The molecule has 1 aliphatic heterocycles. The number of nitrogens with zero attached hydrogens (tertiary/aromatic N) is 2. The van der Waals surface area contributed by atoms with Gasteiger partial charge in [0.1, 0.15) is 11.9 Å². The molecule has 1 aromatic heterocycles. The van der Waals surface area contributed by atoms with Crippen molar-refractivity contribution in [3.63, 3.8) is 0 Å². The van der Waals surface area contributed by atoms with E-state index in [4.69, 9.17) is 14.2 Å². The molecule has 33 heavy (non-hydrogen) atoms. The third kappa shape index (κ3) is 5.25. The minimum absolute atomic E-state index is 0.00399. The van der Waals surface area contributed by atoms with E-state index in [9.17, 15) is 4.79 Å². The van der Waals surface area contributed by atoms with E-state index in [2.05, 4.69) is 21.4 Å². The Labute approximate surface area is 194 Å². The average Bonchev–Trinajstić information content (AvgIpc) is 3.24. The number of carbonyl (C=O) groups excluding carboxylic acids is 1. The fraction of sp³-hybridized carbons (Fsp3) is 0.346. The highest BCUT2D eigenvalue weighted by molar-refractivity contribution is 5.76. The van der Waals surface area contributed by atoms with Crippen molar-refractivity contribution in [3.05, 3.63) is 65.1 Å². The molecule has 1 atom stereocenters. The highest BCUT2D eigenvalue weighted by Gasteiger charge is 2.24. The van der Waals surface area contributed by atoms with E-state index in [0.717, 1.165) is 45.9 Å². The molecule has 1 amide bonds. The summed E-state index contributed by atoms with van der Waals surface area (Å²) in [6.07, 6.45) is 3.46. The van der Waals surface area contributed by atoms with Gasteiger partial charge in [0.25, 0.3) is 0 Å². The monoisotopic (exact) mass is 447 g/mol. The van der Waals surface area contributed by atoms with Crippen molar-refractivity contribution < 1.29 is 19.0 Å². The van der Waals surface area contributed by atoms with E-state index in [1.807, 2.05) is 44.2 Å². The lowest BCUT2D eigenvalue weighted by atomic mass is 10.0. The standard InChI is InChI=1S/C26H29N3O4/c1-16-14-27-17(2)26(29-16)19-7-9-22-20(12-19)13-21(33-22)15-28-25(30)10-6-18-5-8-23(31-3)24(11-18)32-4/h5,7-9,11-12,14,21H,6,10,13,15H2,1-4H3,(H,28,30). The second-order valence-corrected chi connectivity index (χ2v) is 8.21. The minimum atomic E-state index is -0.0787. The van der Waals surface area contributed by atoms with Crippen LogP contribution in [0, 0.1) is 13.8 Å². The molecule has 0 fully saturated rings. The van der Waals surface area contributed by atoms with Crippen LogP contribution < -0.4 is 19.5 Å². The van der Waals surface area contributed by atoms with Gasteiger partial charge in [0.05, 0.1) is 37.8 Å². The number of carbonyl (C=O) groups is 1. The third-order valence-electron chi connectivity index (χ3n) is 5.77. The van der Waals surface area contributed by atoms with Gasteiger partial charge in [0, 0.05) is 24.6 Å². The quantitative estimate of drug-likeness (QED) is 0.565. The van der Waals surface area contributed by atoms with Crippen molar-refractivity contribution >= 4 is 5.91 Å². The number of aromatic nitrogens is 2. The van der Waals surface area contributed by atoms with Gasteiger partial charge in [-0.05, 0) is 61.7 Å². The van der Waals surface area contributed by atoms with Crippen LogP contribution in [0.15, 0.2) is 42.6 Å². The molecule has 1 N–H and O–H groups in total. The normalized spacial score (nSPS) is 14.4. The van der Waals surface area contributed by atoms with E-state index in [0.29, 0.717) is 30.9 Å². The molecule has 0 radical (unpaired) electrons. The molecule has 7 heteroatoms. The molecule has 172 valence electrons. The fourth-order valence-electron chi connectivity index (χ4n) is 4.00. The molecule has 0 saturated heterocycles. The van der Waals surface area contributed by atoms with Gasteiger partial charge in [-0.1, -0.05) is 6.07 Å². The van der Waals surface area contributed by atoms with Gasteiger partial charge in [-0.25, -0.2) is 4.98 Å². The highest BCUT2D eigenvalue weighted by atomic mass is 16.5. The number of hydrogen-bond donors (Lipinski definition) is 1. The molecule has 0 spiro atoms. The smallest absolute Gasteiger partial charge is 0.220 e. The summed E-state index contributed by atoms with van der Waals surface area (Å²) in [4.78, 5) is 21.4. The molecule has 2 heterocycles. The molecule has 1 aliphatic rings. The number of ether oxygens (including phenoxy) is 3. The molecule has 0 saturated carbocycles. The van der Waals surface area contributed by atoms with Crippen LogP contribution in [0.4, 0.5) is 0 Å². The Bertz CT molecular complexity index is 1160. The van der Waals surface area contributed by atoms with Crippen LogP contribution in [0.25, 0.3) is 11.3 Å². The molecule has 3 aromatic rings. The van der Waals surface area contributed by atoms with E-state index in [-0.39, 0.29) is 12.0 Å². The maximum atomic E-state index is 12.4. The number of amides is 1. The Kier molecular flexibility index (Phi) is 6.77.